The molecule has 1 aromatic carbocycles. The summed E-state index contributed by atoms with van der Waals surface area (Å²) in [5, 5.41) is 10.1. The van der Waals surface area contributed by atoms with Crippen molar-refractivity contribution >= 4 is 16.9 Å². The fraction of sp³-hybridized carbons (Fsp3) is 0.483. The van der Waals surface area contributed by atoms with Gasteiger partial charge in [0, 0.05) is 36.9 Å². The molecule has 0 aliphatic carbocycles. The smallest absolute Gasteiger partial charge is 0.303 e. The van der Waals surface area contributed by atoms with E-state index < -0.39 is 12.1 Å². The number of halogens is 1. The number of rotatable bonds is 12. The van der Waals surface area contributed by atoms with Gasteiger partial charge in [0.15, 0.2) is 0 Å². The number of hydrogen-bond donors (Lipinski definition) is 1. The van der Waals surface area contributed by atoms with Crippen molar-refractivity contribution in [1.82, 2.24) is 14.9 Å². The second-order valence-corrected chi connectivity index (χ2v) is 9.83. The first kappa shape index (κ1) is 26.0. The number of carbonyl (C=O) groups is 1. The summed E-state index contributed by atoms with van der Waals surface area (Å²) in [6, 6.07) is 11.4. The van der Waals surface area contributed by atoms with Crippen LogP contribution in [0.5, 0.6) is 5.75 Å². The minimum Gasteiger partial charge on any atom is -0.497 e. The first-order valence-corrected chi connectivity index (χ1v) is 12.9. The number of piperidine rings is 1. The predicted molar refractivity (Wildman–Crippen MR) is 139 cm³/mol. The van der Waals surface area contributed by atoms with Gasteiger partial charge in [-0.1, -0.05) is 0 Å². The maximum Gasteiger partial charge on any atom is 0.303 e. The number of methoxy groups -OCH3 is 1. The van der Waals surface area contributed by atoms with E-state index in [9.17, 15) is 9.90 Å². The number of nitrogens with zero attached hydrogens (tertiary/aromatic N) is 3. The van der Waals surface area contributed by atoms with E-state index in [1.165, 1.54) is 5.56 Å². The highest BCUT2D eigenvalue weighted by molar-refractivity contribution is 5.83. The summed E-state index contributed by atoms with van der Waals surface area (Å²) >= 11 is 0. The number of aromatic nitrogens is 2. The molecule has 1 N–H and O–H groups in total. The third kappa shape index (κ3) is 7.00. The third-order valence-corrected chi connectivity index (χ3v) is 7.50. The zero-order chi connectivity index (χ0) is 25.3. The molecule has 4 rings (SSSR count). The van der Waals surface area contributed by atoms with Gasteiger partial charge in [-0.05, 0) is 111 Å². The molecule has 1 aliphatic rings. The summed E-state index contributed by atoms with van der Waals surface area (Å²) in [6.07, 6.45) is 9.26. The predicted octanol–water partition coefficient (Wildman–Crippen LogP) is 5.86. The van der Waals surface area contributed by atoms with Gasteiger partial charge in [-0.25, -0.2) is 4.39 Å². The van der Waals surface area contributed by atoms with Gasteiger partial charge in [-0.15, -0.1) is 0 Å². The van der Waals surface area contributed by atoms with E-state index in [1.54, 1.807) is 19.4 Å². The molecule has 3 aromatic rings. The molecular formula is C29H36FN3O3. The van der Waals surface area contributed by atoms with Crippen LogP contribution in [-0.4, -0.2) is 52.7 Å². The number of pyridine rings is 2. The number of aryl methyl sites for hydroxylation is 1. The van der Waals surface area contributed by atoms with Crippen LogP contribution < -0.4 is 4.74 Å². The Kier molecular flexibility index (Phi) is 9.23. The number of aliphatic carboxylic acids is 1. The standard InChI is InChI=1S/C29H36FN3O3/c1-36-24-6-8-28-26(19-24)25(12-16-32-28)27(30)7-4-22-13-18-33(20-23(22)5-9-29(34)35)17-2-3-21-10-14-31-15-11-21/h6,8,10-12,14-16,19,22-23,27H,2-5,7,9,13,17-18,20H2,1H3,(H,34,35)/t22-,23-,27-/m1/s1. The highest BCUT2D eigenvalue weighted by Gasteiger charge is 2.30. The van der Waals surface area contributed by atoms with Crippen LogP contribution in [0.3, 0.4) is 0 Å². The number of ether oxygens (including phenoxy) is 1. The van der Waals surface area contributed by atoms with Gasteiger partial charge >= 0.3 is 5.97 Å². The van der Waals surface area contributed by atoms with Crippen LogP contribution in [0.1, 0.15) is 55.8 Å². The summed E-state index contributed by atoms with van der Waals surface area (Å²) in [7, 11) is 1.60. The van der Waals surface area contributed by atoms with E-state index in [4.69, 9.17) is 4.74 Å². The fourth-order valence-corrected chi connectivity index (χ4v) is 5.49. The molecule has 0 saturated carbocycles. The van der Waals surface area contributed by atoms with Gasteiger partial charge in [0.05, 0.1) is 12.6 Å². The molecule has 1 aliphatic heterocycles. The summed E-state index contributed by atoms with van der Waals surface area (Å²) in [6.45, 7) is 2.87. The number of carboxylic acids is 1. The van der Waals surface area contributed by atoms with E-state index in [1.807, 2.05) is 30.6 Å². The average molecular weight is 494 g/mol. The van der Waals surface area contributed by atoms with E-state index in [0.717, 1.165) is 56.2 Å². The van der Waals surface area contributed by atoms with Crippen molar-refractivity contribution in [3.05, 3.63) is 66.1 Å². The Morgan fingerprint density at radius 1 is 1.17 bits per heavy atom. The third-order valence-electron chi connectivity index (χ3n) is 7.50. The monoisotopic (exact) mass is 493 g/mol. The lowest BCUT2D eigenvalue weighted by atomic mass is 9.79. The molecule has 3 heterocycles. The molecule has 36 heavy (non-hydrogen) atoms. The molecule has 2 aromatic heterocycles. The van der Waals surface area contributed by atoms with Gasteiger partial charge in [-0.3, -0.25) is 14.8 Å². The molecule has 6 nitrogen and oxygen atoms in total. The van der Waals surface area contributed by atoms with Crippen molar-refractivity contribution in [2.75, 3.05) is 26.7 Å². The van der Waals surface area contributed by atoms with Crippen LogP contribution in [0.25, 0.3) is 10.9 Å². The molecule has 192 valence electrons. The topological polar surface area (TPSA) is 75.5 Å². The molecule has 1 saturated heterocycles. The van der Waals surface area contributed by atoms with Gasteiger partial charge in [-0.2, -0.15) is 0 Å². The lowest BCUT2D eigenvalue weighted by molar-refractivity contribution is -0.137. The van der Waals surface area contributed by atoms with E-state index >= 15 is 4.39 Å². The molecule has 7 heteroatoms. The summed E-state index contributed by atoms with van der Waals surface area (Å²) in [4.78, 5) is 22.2. The first-order chi connectivity index (χ1) is 17.5. The van der Waals surface area contributed by atoms with Crippen LogP contribution in [0.15, 0.2) is 55.0 Å². The maximum atomic E-state index is 15.5. The number of hydrogen-bond acceptors (Lipinski definition) is 5. The van der Waals surface area contributed by atoms with Crippen molar-refractivity contribution in [1.29, 1.82) is 0 Å². The van der Waals surface area contributed by atoms with Gasteiger partial charge in [0.1, 0.15) is 11.9 Å². The Morgan fingerprint density at radius 2 is 2.00 bits per heavy atom. The van der Waals surface area contributed by atoms with Gasteiger partial charge in [0.25, 0.3) is 0 Å². The molecular weight excluding hydrogens is 457 g/mol. The molecule has 3 atom stereocenters. The Bertz CT molecular complexity index is 1130. The summed E-state index contributed by atoms with van der Waals surface area (Å²) < 4.78 is 20.9. The molecule has 0 radical (unpaired) electrons. The Morgan fingerprint density at radius 3 is 2.78 bits per heavy atom. The highest BCUT2D eigenvalue weighted by atomic mass is 19.1. The average Bonchev–Trinajstić information content (AvgIpc) is 2.91. The van der Waals surface area contributed by atoms with Crippen LogP contribution in [0.2, 0.25) is 0 Å². The van der Waals surface area contributed by atoms with E-state index in [-0.39, 0.29) is 12.3 Å². The molecule has 1 fully saturated rings. The lowest BCUT2D eigenvalue weighted by Gasteiger charge is -2.39. The van der Waals surface area contributed by atoms with Crippen molar-refractivity contribution in [2.45, 2.75) is 51.1 Å². The maximum absolute atomic E-state index is 15.5. The second-order valence-electron chi connectivity index (χ2n) is 9.83. The first-order valence-electron chi connectivity index (χ1n) is 12.9. The number of fused-ring (bicyclic) bond motifs is 1. The number of likely N-dealkylation sites (tertiary alicyclic amines) is 1. The van der Waals surface area contributed by atoms with Crippen LogP contribution in [0.4, 0.5) is 4.39 Å². The zero-order valence-electron chi connectivity index (χ0n) is 21.0. The SMILES string of the molecule is COc1ccc2nccc([C@H](F)CC[C@@H]3CCN(CCCc4ccncc4)C[C@H]3CCC(=O)O)c2c1. The number of benzene rings is 1. The van der Waals surface area contributed by atoms with Crippen molar-refractivity contribution in [3.8, 4) is 5.75 Å². The summed E-state index contributed by atoms with van der Waals surface area (Å²) in [5.41, 5.74) is 2.70. The van der Waals surface area contributed by atoms with Crippen LogP contribution in [0, 0.1) is 11.8 Å². The van der Waals surface area contributed by atoms with Crippen molar-refractivity contribution < 1.29 is 19.0 Å². The Hall–Kier alpha value is -3.06. The van der Waals surface area contributed by atoms with Crippen LogP contribution in [-0.2, 0) is 11.2 Å². The lowest BCUT2D eigenvalue weighted by Crippen LogP contribution is -2.41. The van der Waals surface area contributed by atoms with Crippen molar-refractivity contribution in [2.24, 2.45) is 11.8 Å². The molecule has 0 amide bonds. The van der Waals surface area contributed by atoms with E-state index in [0.29, 0.717) is 30.1 Å². The second kappa shape index (κ2) is 12.8. The number of carboxylic acid groups (broad SMARTS) is 1. The Balaban J connectivity index is 1.35. The molecule has 0 bridgehead atoms. The molecule has 0 unspecified atom stereocenters. The Labute approximate surface area is 212 Å². The quantitative estimate of drug-likeness (QED) is 0.340. The van der Waals surface area contributed by atoms with Crippen LogP contribution >= 0.6 is 0 Å². The molecule has 0 spiro atoms. The normalized spacial score (nSPS) is 19.3. The number of alkyl halides is 1. The summed E-state index contributed by atoms with van der Waals surface area (Å²) in [5.74, 6) is 0.539. The highest BCUT2D eigenvalue weighted by Crippen LogP contribution is 2.36. The van der Waals surface area contributed by atoms with Gasteiger partial charge in [0.2, 0.25) is 0 Å². The van der Waals surface area contributed by atoms with Crippen molar-refractivity contribution in [3.63, 3.8) is 0 Å². The van der Waals surface area contributed by atoms with E-state index in [2.05, 4.69) is 27.0 Å². The fourth-order valence-electron chi connectivity index (χ4n) is 5.49. The zero-order valence-corrected chi connectivity index (χ0v) is 21.0. The minimum absolute atomic E-state index is 0.167. The van der Waals surface area contributed by atoms with Gasteiger partial charge < -0.3 is 14.7 Å². The largest absolute Gasteiger partial charge is 0.497 e. The minimum atomic E-state index is -1.10.